The van der Waals surface area contributed by atoms with Gasteiger partial charge in [-0.15, -0.1) is 0 Å². The van der Waals surface area contributed by atoms with E-state index in [4.69, 9.17) is 11.0 Å². The van der Waals surface area contributed by atoms with Gasteiger partial charge in [0.25, 0.3) is 5.56 Å². The monoisotopic (exact) mass is 441 g/mol. The number of hydrogen-bond acceptors (Lipinski definition) is 4. The first kappa shape index (κ1) is 20.5. The zero-order valence-electron chi connectivity index (χ0n) is 17.4. The van der Waals surface area contributed by atoms with Gasteiger partial charge in [-0.2, -0.15) is 5.26 Å². The van der Waals surface area contributed by atoms with E-state index in [2.05, 4.69) is 16.2 Å². The molecule has 0 radical (unpaired) electrons. The molecule has 0 amide bonds. The molecule has 3 aromatic carbocycles. The molecular formula is C25H17F2N5O. The first-order chi connectivity index (χ1) is 15.9. The molecule has 5 aromatic rings. The normalized spacial score (nSPS) is 12.2. The van der Waals surface area contributed by atoms with Crippen LogP contribution in [0.1, 0.15) is 28.4 Å². The lowest BCUT2D eigenvalue weighted by atomic mass is 9.98. The van der Waals surface area contributed by atoms with Crippen molar-refractivity contribution in [3.63, 3.8) is 0 Å². The average Bonchev–Trinajstić information content (AvgIpc) is 3.14. The Labute approximate surface area is 186 Å². The molecule has 0 spiro atoms. The second-order valence-corrected chi connectivity index (χ2v) is 7.80. The number of rotatable bonds is 3. The second kappa shape index (κ2) is 7.65. The summed E-state index contributed by atoms with van der Waals surface area (Å²) in [6, 6.07) is 17.0. The van der Waals surface area contributed by atoms with Crippen molar-refractivity contribution >= 4 is 16.6 Å². The fourth-order valence-corrected chi connectivity index (χ4v) is 4.03. The number of aromatic nitrogens is 3. The predicted molar refractivity (Wildman–Crippen MR) is 121 cm³/mol. The molecule has 0 fully saturated rings. The van der Waals surface area contributed by atoms with Crippen molar-refractivity contribution < 1.29 is 8.78 Å². The number of nitrogens with one attached hydrogen (secondary N) is 1. The van der Waals surface area contributed by atoms with Crippen molar-refractivity contribution in [3.8, 4) is 17.2 Å². The highest BCUT2D eigenvalue weighted by Crippen LogP contribution is 2.30. The number of nitrogens with two attached hydrogens (primary N) is 1. The van der Waals surface area contributed by atoms with E-state index in [1.54, 1.807) is 49.4 Å². The largest absolute Gasteiger partial charge is 0.320 e. The summed E-state index contributed by atoms with van der Waals surface area (Å²) < 4.78 is 29.2. The lowest BCUT2D eigenvalue weighted by Crippen LogP contribution is -2.17. The van der Waals surface area contributed by atoms with Crippen molar-refractivity contribution in [2.45, 2.75) is 13.0 Å². The summed E-state index contributed by atoms with van der Waals surface area (Å²) >= 11 is 0. The number of halogens is 2. The van der Waals surface area contributed by atoms with Crippen molar-refractivity contribution in [1.29, 1.82) is 5.26 Å². The Morgan fingerprint density at radius 2 is 1.79 bits per heavy atom. The molecule has 2 heterocycles. The summed E-state index contributed by atoms with van der Waals surface area (Å²) in [6.07, 6.45) is 0. The van der Waals surface area contributed by atoms with Crippen LogP contribution in [0.5, 0.6) is 0 Å². The van der Waals surface area contributed by atoms with E-state index < -0.39 is 17.7 Å². The van der Waals surface area contributed by atoms with Crippen LogP contribution in [0.3, 0.4) is 0 Å². The number of H-pyrrole nitrogens is 1. The fraction of sp³-hybridized carbons (Fsp3) is 0.0800. The third-order valence-electron chi connectivity index (χ3n) is 5.73. The minimum absolute atomic E-state index is 0.143. The summed E-state index contributed by atoms with van der Waals surface area (Å²) in [7, 11) is 0. The van der Waals surface area contributed by atoms with Crippen molar-refractivity contribution in [2.75, 3.05) is 0 Å². The van der Waals surface area contributed by atoms with Crippen LogP contribution in [0.2, 0.25) is 0 Å². The quantitative estimate of drug-likeness (QED) is 0.435. The Balaban J connectivity index is 1.69. The van der Waals surface area contributed by atoms with Gasteiger partial charge in [0, 0.05) is 22.9 Å². The Morgan fingerprint density at radius 3 is 2.48 bits per heavy atom. The molecule has 0 bridgehead atoms. The zero-order valence-corrected chi connectivity index (χ0v) is 17.4. The molecule has 8 heteroatoms. The van der Waals surface area contributed by atoms with Crippen LogP contribution in [0.25, 0.3) is 27.7 Å². The summed E-state index contributed by atoms with van der Waals surface area (Å²) in [6.45, 7) is 1.70. The summed E-state index contributed by atoms with van der Waals surface area (Å²) in [5, 5.41) is 12.3. The Kier molecular flexibility index (Phi) is 4.77. The molecule has 1 atom stereocenters. The Bertz CT molecular complexity index is 1640. The molecule has 1 unspecified atom stereocenters. The molecule has 0 aliphatic carbocycles. The number of nitriles is 1. The van der Waals surface area contributed by atoms with Gasteiger partial charge in [-0.1, -0.05) is 18.2 Å². The van der Waals surface area contributed by atoms with Gasteiger partial charge in [-0.25, -0.2) is 18.3 Å². The zero-order chi connectivity index (χ0) is 23.3. The van der Waals surface area contributed by atoms with E-state index in [1.165, 1.54) is 10.6 Å². The molecule has 0 aliphatic rings. The average molecular weight is 441 g/mol. The van der Waals surface area contributed by atoms with Crippen LogP contribution in [-0.4, -0.2) is 14.6 Å². The first-order valence-corrected chi connectivity index (χ1v) is 10.1. The first-order valence-electron chi connectivity index (χ1n) is 10.1. The fourth-order valence-electron chi connectivity index (χ4n) is 4.03. The number of nitrogens with zero attached hydrogens (tertiary/aromatic N) is 3. The minimum atomic E-state index is -0.745. The predicted octanol–water partition coefficient (Wildman–Crippen LogP) is 4.35. The van der Waals surface area contributed by atoms with Gasteiger partial charge in [0.1, 0.15) is 11.6 Å². The number of benzene rings is 3. The molecule has 2 aromatic heterocycles. The van der Waals surface area contributed by atoms with E-state index in [1.807, 2.05) is 0 Å². The van der Waals surface area contributed by atoms with Gasteiger partial charge in [-0.3, -0.25) is 9.89 Å². The van der Waals surface area contributed by atoms with E-state index in [0.717, 1.165) is 23.3 Å². The van der Waals surface area contributed by atoms with Gasteiger partial charge in [-0.05, 0) is 54.4 Å². The van der Waals surface area contributed by atoms with Crippen LogP contribution in [-0.2, 0) is 0 Å². The topological polar surface area (TPSA) is 100.0 Å². The summed E-state index contributed by atoms with van der Waals surface area (Å²) in [5.74, 6) is -1.43. The van der Waals surface area contributed by atoms with Crippen molar-refractivity contribution in [1.82, 2.24) is 14.6 Å². The third-order valence-corrected chi connectivity index (χ3v) is 5.73. The molecular weight excluding hydrogens is 424 g/mol. The molecule has 0 saturated carbocycles. The minimum Gasteiger partial charge on any atom is -0.320 e. The second-order valence-electron chi connectivity index (χ2n) is 7.80. The maximum atomic E-state index is 14.5. The van der Waals surface area contributed by atoms with Crippen LogP contribution < -0.4 is 11.3 Å². The smallest absolute Gasteiger partial charge is 0.280 e. The van der Waals surface area contributed by atoms with Gasteiger partial charge < -0.3 is 5.73 Å². The molecule has 0 aliphatic heterocycles. The highest BCUT2D eigenvalue weighted by molar-refractivity contribution is 5.86. The van der Waals surface area contributed by atoms with Crippen molar-refractivity contribution in [3.05, 3.63) is 105 Å². The van der Waals surface area contributed by atoms with E-state index >= 15 is 0 Å². The highest BCUT2D eigenvalue weighted by Gasteiger charge is 2.19. The lowest BCUT2D eigenvalue weighted by Gasteiger charge is -2.13. The van der Waals surface area contributed by atoms with Gasteiger partial charge >= 0.3 is 0 Å². The lowest BCUT2D eigenvalue weighted by molar-refractivity contribution is 0.585. The van der Waals surface area contributed by atoms with E-state index in [9.17, 15) is 13.6 Å². The molecule has 6 nitrogen and oxygen atoms in total. The molecule has 162 valence electrons. The summed E-state index contributed by atoms with van der Waals surface area (Å²) in [5.41, 5.74) is 9.84. The van der Waals surface area contributed by atoms with Crippen LogP contribution in [0, 0.1) is 29.9 Å². The van der Waals surface area contributed by atoms with E-state index in [0.29, 0.717) is 27.7 Å². The molecule has 5 rings (SSSR count). The molecule has 0 saturated heterocycles. The van der Waals surface area contributed by atoms with Crippen molar-refractivity contribution in [2.24, 2.45) is 5.73 Å². The van der Waals surface area contributed by atoms with Crippen LogP contribution >= 0.6 is 0 Å². The summed E-state index contributed by atoms with van der Waals surface area (Å²) in [4.78, 5) is 17.8. The Hall–Kier alpha value is -4.35. The third kappa shape index (κ3) is 3.35. The van der Waals surface area contributed by atoms with Gasteiger partial charge in [0.2, 0.25) is 0 Å². The molecule has 33 heavy (non-hydrogen) atoms. The maximum Gasteiger partial charge on any atom is 0.280 e. The van der Waals surface area contributed by atoms with Crippen LogP contribution in [0.15, 0.2) is 65.5 Å². The highest BCUT2D eigenvalue weighted by atomic mass is 19.1. The standard InChI is InChI=1S/C25H17F2N5O/c1-13-22(18-9-7-17(26)11-20(18)27)24-30-21-10-16(6-8-19(21)25(33)32(24)31-13)23(29)15-4-2-14(12-28)3-5-15/h2-11,23,31H,29H2,1H3. The molecule has 3 N–H and O–H groups in total. The number of aryl methyl sites for hydroxylation is 1. The maximum absolute atomic E-state index is 14.5. The number of fused-ring (bicyclic) bond motifs is 2. The SMILES string of the molecule is Cc1[nH]n2c(=O)c3ccc(C(N)c4ccc(C#N)cc4)cc3nc2c1-c1ccc(F)cc1F. The number of hydrogen-bond donors (Lipinski definition) is 2. The van der Waals surface area contributed by atoms with Gasteiger partial charge in [0.05, 0.1) is 28.6 Å². The van der Waals surface area contributed by atoms with E-state index in [-0.39, 0.29) is 16.8 Å². The number of aromatic amines is 1. The van der Waals surface area contributed by atoms with Gasteiger partial charge in [0.15, 0.2) is 5.65 Å². The Morgan fingerprint density at radius 1 is 1.06 bits per heavy atom. The van der Waals surface area contributed by atoms with Crippen LogP contribution in [0.4, 0.5) is 8.78 Å².